The molecular weight excluding hydrogens is 208 g/mol. The van der Waals surface area contributed by atoms with Crippen molar-refractivity contribution >= 4 is 29.0 Å². The standard InChI is InChI=1S/C6H9O2.BrH.Mg/c1-3-5-6(7)8-4-2;;/h5H,4H2,1-2H3;1H;/q-1;;+2/p-1. The van der Waals surface area contributed by atoms with E-state index in [1.165, 1.54) is 6.08 Å². The molecule has 0 atom stereocenters. The average molecular weight is 217 g/mol. The van der Waals surface area contributed by atoms with E-state index in [1.54, 1.807) is 13.8 Å². The fraction of sp³-hybridized carbons (Fsp3) is 0.500. The molecule has 0 aromatic rings. The van der Waals surface area contributed by atoms with Crippen LogP contribution in [0.3, 0.4) is 0 Å². The molecule has 0 aliphatic carbocycles. The fourth-order valence-electron chi connectivity index (χ4n) is 0.302. The van der Waals surface area contributed by atoms with E-state index < -0.39 is 0 Å². The largest absolute Gasteiger partial charge is 2.00 e. The summed E-state index contributed by atoms with van der Waals surface area (Å²) in [5.41, 5.74) is 0. The first kappa shape index (κ1) is 16.8. The minimum atomic E-state index is -0.324. The van der Waals surface area contributed by atoms with Gasteiger partial charge in [-0.25, -0.2) is 0 Å². The van der Waals surface area contributed by atoms with Crippen LogP contribution in [0.15, 0.2) is 6.08 Å². The van der Waals surface area contributed by atoms with E-state index in [9.17, 15) is 4.79 Å². The minimum Gasteiger partial charge on any atom is -1.00 e. The van der Waals surface area contributed by atoms with Gasteiger partial charge in [-0.15, -0.1) is 6.92 Å². The van der Waals surface area contributed by atoms with Crippen molar-refractivity contribution < 1.29 is 26.5 Å². The molecule has 0 N–H and O–H groups in total. The molecule has 0 amide bonds. The molecule has 0 saturated carbocycles. The van der Waals surface area contributed by atoms with Gasteiger partial charge in [-0.05, 0) is 6.92 Å². The molecule has 0 heterocycles. The zero-order valence-corrected chi connectivity index (χ0v) is 9.19. The van der Waals surface area contributed by atoms with Crippen molar-refractivity contribution in [1.82, 2.24) is 0 Å². The first-order chi connectivity index (χ1) is 3.81. The van der Waals surface area contributed by atoms with Crippen molar-refractivity contribution in [1.29, 1.82) is 0 Å². The minimum absolute atomic E-state index is 0. The van der Waals surface area contributed by atoms with Crippen LogP contribution in [0.25, 0.3) is 0 Å². The predicted octanol–water partition coefficient (Wildman–Crippen LogP) is -2.45. The zero-order chi connectivity index (χ0) is 6.41. The number of esters is 1. The van der Waals surface area contributed by atoms with E-state index in [-0.39, 0.29) is 46.0 Å². The maximum absolute atomic E-state index is 10.3. The Morgan fingerprint density at radius 3 is 2.50 bits per heavy atom. The molecule has 0 bridgehead atoms. The smallest absolute Gasteiger partial charge is 1.00 e. The summed E-state index contributed by atoms with van der Waals surface area (Å²) in [6.45, 7) is 3.84. The molecule has 0 saturated heterocycles. The molecule has 2 nitrogen and oxygen atoms in total. The van der Waals surface area contributed by atoms with Gasteiger partial charge in [0.25, 0.3) is 0 Å². The summed E-state index contributed by atoms with van der Waals surface area (Å²) in [6.07, 6.45) is 3.82. The Bertz CT molecular complexity index is 104. The van der Waals surface area contributed by atoms with Gasteiger partial charge in [0.1, 0.15) is 0 Å². The van der Waals surface area contributed by atoms with Gasteiger partial charge >= 0.3 is 23.1 Å². The SMILES string of the molecule is C[C-]=CC(=O)OCC.[Br-].[Mg+2]. The molecule has 0 aliphatic heterocycles. The molecule has 10 heavy (non-hydrogen) atoms. The molecule has 0 unspecified atom stereocenters. The van der Waals surface area contributed by atoms with Crippen LogP contribution < -0.4 is 17.0 Å². The Morgan fingerprint density at radius 2 is 2.20 bits per heavy atom. The van der Waals surface area contributed by atoms with Gasteiger partial charge < -0.3 is 26.5 Å². The van der Waals surface area contributed by atoms with Crippen molar-refractivity contribution in [3.8, 4) is 0 Å². The molecule has 0 fully saturated rings. The maximum Gasteiger partial charge on any atom is 2.00 e. The van der Waals surface area contributed by atoms with Crippen LogP contribution >= 0.6 is 0 Å². The Labute approximate surface area is 87.9 Å². The molecule has 0 rings (SSSR count). The predicted molar refractivity (Wildman–Crippen MR) is 35.9 cm³/mol. The van der Waals surface area contributed by atoms with E-state index in [1.807, 2.05) is 0 Å². The van der Waals surface area contributed by atoms with E-state index in [0.29, 0.717) is 6.61 Å². The number of carbonyl (C=O) groups is 1. The van der Waals surface area contributed by atoms with Gasteiger partial charge in [-0.2, -0.15) is 6.08 Å². The van der Waals surface area contributed by atoms with Crippen LogP contribution in [0.1, 0.15) is 13.8 Å². The van der Waals surface area contributed by atoms with Crippen LogP contribution in [0, 0.1) is 6.08 Å². The van der Waals surface area contributed by atoms with Gasteiger partial charge in [0.2, 0.25) is 0 Å². The topological polar surface area (TPSA) is 26.3 Å². The normalized spacial score (nSPS) is 7.80. The van der Waals surface area contributed by atoms with E-state index in [2.05, 4.69) is 10.8 Å². The second-order valence-corrected chi connectivity index (χ2v) is 1.19. The molecular formula is C6H9BrMgO2. The van der Waals surface area contributed by atoms with E-state index in [4.69, 9.17) is 0 Å². The van der Waals surface area contributed by atoms with E-state index in [0.717, 1.165) is 0 Å². The second-order valence-electron chi connectivity index (χ2n) is 1.19. The maximum atomic E-state index is 10.3. The van der Waals surface area contributed by atoms with E-state index >= 15 is 0 Å². The molecule has 0 aliphatic rings. The zero-order valence-electron chi connectivity index (χ0n) is 6.19. The number of rotatable bonds is 2. The van der Waals surface area contributed by atoms with Gasteiger partial charge in [0, 0.05) is 0 Å². The molecule has 54 valence electrons. The molecule has 0 radical (unpaired) electrons. The molecule has 4 heteroatoms. The van der Waals surface area contributed by atoms with Crippen LogP contribution in [-0.2, 0) is 9.53 Å². The van der Waals surface area contributed by atoms with Crippen LogP contribution in [0.2, 0.25) is 0 Å². The van der Waals surface area contributed by atoms with Crippen molar-refractivity contribution in [3.63, 3.8) is 0 Å². The number of halogens is 1. The Kier molecular flexibility index (Phi) is 20.5. The van der Waals surface area contributed by atoms with Crippen molar-refractivity contribution in [2.45, 2.75) is 13.8 Å². The van der Waals surface area contributed by atoms with Crippen molar-refractivity contribution in [2.24, 2.45) is 0 Å². The van der Waals surface area contributed by atoms with Gasteiger partial charge in [0.15, 0.2) is 5.97 Å². The third-order valence-corrected chi connectivity index (χ3v) is 0.549. The third-order valence-electron chi connectivity index (χ3n) is 0.549. The van der Waals surface area contributed by atoms with Gasteiger partial charge in [0.05, 0.1) is 6.61 Å². The monoisotopic (exact) mass is 216 g/mol. The Hall–Kier alpha value is 0.456. The summed E-state index contributed by atoms with van der Waals surface area (Å²) < 4.78 is 4.53. The first-order valence-electron chi connectivity index (χ1n) is 2.48. The average Bonchev–Trinajstić information content (AvgIpc) is 1.68. The number of allylic oxidation sites excluding steroid dienone is 1. The van der Waals surface area contributed by atoms with Crippen molar-refractivity contribution in [2.75, 3.05) is 6.61 Å². The summed E-state index contributed by atoms with van der Waals surface area (Å²) in [4.78, 5) is 10.3. The molecule has 0 aromatic carbocycles. The first-order valence-corrected chi connectivity index (χ1v) is 2.48. The summed E-state index contributed by atoms with van der Waals surface area (Å²) in [5.74, 6) is -0.324. The second kappa shape index (κ2) is 12.2. The quantitative estimate of drug-likeness (QED) is 0.222. The summed E-state index contributed by atoms with van der Waals surface area (Å²) in [6, 6.07) is 0. The van der Waals surface area contributed by atoms with Crippen LogP contribution in [0.5, 0.6) is 0 Å². The Balaban J connectivity index is -0.000000245. The Morgan fingerprint density at radius 1 is 1.70 bits per heavy atom. The number of hydrogen-bond acceptors (Lipinski definition) is 2. The number of hydrogen-bond donors (Lipinski definition) is 0. The number of ether oxygens (including phenoxy) is 1. The van der Waals surface area contributed by atoms with Crippen molar-refractivity contribution in [3.05, 3.63) is 12.2 Å². The molecule has 0 aromatic heterocycles. The summed E-state index contributed by atoms with van der Waals surface area (Å²) >= 11 is 0. The third kappa shape index (κ3) is 11.3. The van der Waals surface area contributed by atoms with Crippen LogP contribution in [-0.4, -0.2) is 35.6 Å². The molecule has 0 spiro atoms. The summed E-state index contributed by atoms with van der Waals surface area (Å²) in [7, 11) is 0. The fourth-order valence-corrected chi connectivity index (χ4v) is 0.302. The summed E-state index contributed by atoms with van der Waals surface area (Å²) in [5, 5.41) is 0. The van der Waals surface area contributed by atoms with Gasteiger partial charge in [-0.1, -0.05) is 0 Å². The number of carbonyl (C=O) groups excluding carboxylic acids is 1. The van der Waals surface area contributed by atoms with Crippen LogP contribution in [0.4, 0.5) is 0 Å². The van der Waals surface area contributed by atoms with Gasteiger partial charge in [-0.3, -0.25) is 6.08 Å².